The summed E-state index contributed by atoms with van der Waals surface area (Å²) in [5, 5.41) is 0. The molecule has 0 saturated carbocycles. The number of halogens is 1. The van der Waals surface area contributed by atoms with Crippen LogP contribution in [-0.2, 0) is 0 Å². The zero-order valence-corrected chi connectivity index (χ0v) is 12.4. The number of carbonyl (C=O) groups is 1. The number of para-hydroxylation sites is 1. The first kappa shape index (κ1) is 15.0. The van der Waals surface area contributed by atoms with E-state index in [-0.39, 0.29) is 17.9 Å². The fraction of sp³-hybridized carbons (Fsp3) is 0.235. The van der Waals surface area contributed by atoms with E-state index in [9.17, 15) is 9.18 Å². The highest BCUT2D eigenvalue weighted by Crippen LogP contribution is 2.22. The van der Waals surface area contributed by atoms with Crippen molar-refractivity contribution >= 4 is 11.5 Å². The number of aryl methyl sites for hydroxylation is 1. The lowest BCUT2D eigenvalue weighted by molar-refractivity contribution is 0.0997. The summed E-state index contributed by atoms with van der Waals surface area (Å²) in [5.41, 5.74) is 2.32. The van der Waals surface area contributed by atoms with E-state index in [0.717, 1.165) is 11.3 Å². The topological polar surface area (TPSA) is 29.5 Å². The zero-order chi connectivity index (χ0) is 15.4. The van der Waals surface area contributed by atoms with Crippen molar-refractivity contribution in [2.45, 2.75) is 6.92 Å². The molecule has 0 saturated heterocycles. The summed E-state index contributed by atoms with van der Waals surface area (Å²) >= 11 is 0. The molecule has 4 heteroatoms. The highest BCUT2D eigenvalue weighted by molar-refractivity contribution is 6.01. The maximum absolute atomic E-state index is 13.3. The normalized spacial score (nSPS) is 10.3. The average molecular weight is 287 g/mol. The fourth-order valence-corrected chi connectivity index (χ4v) is 2.28. The van der Waals surface area contributed by atoms with Crippen LogP contribution in [0.25, 0.3) is 0 Å². The Morgan fingerprint density at radius 3 is 2.62 bits per heavy atom. The van der Waals surface area contributed by atoms with Gasteiger partial charge in [0.15, 0.2) is 5.78 Å². The Labute approximate surface area is 124 Å². The minimum Gasteiger partial charge on any atom is -0.496 e. The Hall–Kier alpha value is -2.36. The molecule has 0 aromatic heterocycles. The van der Waals surface area contributed by atoms with Crippen molar-refractivity contribution in [3.8, 4) is 5.75 Å². The summed E-state index contributed by atoms with van der Waals surface area (Å²) in [6, 6.07) is 11.8. The molecule has 0 unspecified atom stereocenters. The molecule has 21 heavy (non-hydrogen) atoms. The van der Waals surface area contributed by atoms with E-state index >= 15 is 0 Å². The van der Waals surface area contributed by atoms with Crippen molar-refractivity contribution in [2.75, 3.05) is 25.6 Å². The number of ether oxygens (including phenoxy) is 1. The van der Waals surface area contributed by atoms with Gasteiger partial charge in [0.05, 0.1) is 19.2 Å². The maximum Gasteiger partial charge on any atom is 0.185 e. The molecule has 0 amide bonds. The first-order chi connectivity index (χ1) is 10.0. The lowest BCUT2D eigenvalue weighted by atomic mass is 10.1. The van der Waals surface area contributed by atoms with Crippen LogP contribution in [0.5, 0.6) is 5.75 Å². The Morgan fingerprint density at radius 2 is 1.95 bits per heavy atom. The number of hydrogen-bond acceptors (Lipinski definition) is 3. The largest absolute Gasteiger partial charge is 0.496 e. The summed E-state index contributed by atoms with van der Waals surface area (Å²) in [7, 11) is 3.31. The molecule has 0 atom stereocenters. The van der Waals surface area contributed by atoms with Crippen molar-refractivity contribution in [1.82, 2.24) is 0 Å². The van der Waals surface area contributed by atoms with Crippen LogP contribution < -0.4 is 9.64 Å². The molecule has 0 bridgehead atoms. The number of Topliss-reactive ketones (excluding diaryl/α,β-unsaturated/α-hetero) is 1. The van der Waals surface area contributed by atoms with Gasteiger partial charge in [0, 0.05) is 12.7 Å². The molecule has 2 aromatic carbocycles. The molecule has 0 radical (unpaired) electrons. The number of nitrogens with zero attached hydrogens (tertiary/aromatic N) is 1. The van der Waals surface area contributed by atoms with Gasteiger partial charge in [-0.2, -0.15) is 0 Å². The van der Waals surface area contributed by atoms with Gasteiger partial charge in [-0.15, -0.1) is 0 Å². The number of carbonyl (C=O) groups excluding carboxylic acids is 1. The Bertz CT molecular complexity index is 655. The number of anilines is 1. The third-order valence-corrected chi connectivity index (χ3v) is 3.37. The van der Waals surface area contributed by atoms with E-state index in [0.29, 0.717) is 5.75 Å². The third-order valence-electron chi connectivity index (χ3n) is 3.37. The van der Waals surface area contributed by atoms with Gasteiger partial charge in [-0.1, -0.05) is 18.2 Å². The Kier molecular flexibility index (Phi) is 4.58. The molecule has 0 aliphatic rings. The number of hydrogen-bond donors (Lipinski definition) is 0. The fourth-order valence-electron chi connectivity index (χ4n) is 2.28. The molecule has 110 valence electrons. The monoisotopic (exact) mass is 287 g/mol. The maximum atomic E-state index is 13.3. The lowest BCUT2D eigenvalue weighted by Gasteiger charge is -2.21. The van der Waals surface area contributed by atoms with Crippen molar-refractivity contribution < 1.29 is 13.9 Å². The quantitative estimate of drug-likeness (QED) is 0.789. The van der Waals surface area contributed by atoms with Crippen molar-refractivity contribution in [1.29, 1.82) is 0 Å². The van der Waals surface area contributed by atoms with E-state index in [1.165, 1.54) is 25.3 Å². The van der Waals surface area contributed by atoms with Gasteiger partial charge in [0.1, 0.15) is 11.6 Å². The first-order valence-electron chi connectivity index (χ1n) is 6.66. The van der Waals surface area contributed by atoms with Gasteiger partial charge < -0.3 is 9.64 Å². The van der Waals surface area contributed by atoms with Crippen LogP contribution >= 0.6 is 0 Å². The summed E-state index contributed by atoms with van der Waals surface area (Å²) in [6.07, 6.45) is 0. The second-order valence-electron chi connectivity index (χ2n) is 4.91. The number of rotatable bonds is 5. The smallest absolute Gasteiger partial charge is 0.185 e. The van der Waals surface area contributed by atoms with E-state index in [1.807, 2.05) is 43.1 Å². The SMILES string of the molecule is COc1ccc(F)cc1C(=O)CN(C)c1ccccc1C. The molecule has 2 rings (SSSR count). The molecule has 0 aliphatic carbocycles. The predicted octanol–water partition coefficient (Wildman–Crippen LogP) is 3.46. The summed E-state index contributed by atoms with van der Waals surface area (Å²) in [6.45, 7) is 2.14. The van der Waals surface area contributed by atoms with Crippen LogP contribution in [0.3, 0.4) is 0 Å². The molecule has 0 aliphatic heterocycles. The summed E-state index contributed by atoms with van der Waals surface area (Å²) in [5.74, 6) is -0.241. The molecule has 2 aromatic rings. The molecule has 0 N–H and O–H groups in total. The number of ketones is 1. The van der Waals surface area contributed by atoms with Crippen LogP contribution in [0.15, 0.2) is 42.5 Å². The standard InChI is InChI=1S/C17H18FNO2/c1-12-6-4-5-7-15(12)19(2)11-16(20)14-10-13(18)8-9-17(14)21-3/h4-10H,11H2,1-3H3. The number of likely N-dealkylation sites (N-methyl/N-ethyl adjacent to an activating group) is 1. The second kappa shape index (κ2) is 6.39. The highest BCUT2D eigenvalue weighted by atomic mass is 19.1. The summed E-state index contributed by atoms with van der Waals surface area (Å²) < 4.78 is 18.5. The Morgan fingerprint density at radius 1 is 1.24 bits per heavy atom. The van der Waals surface area contributed by atoms with Gasteiger partial charge in [0.2, 0.25) is 0 Å². The van der Waals surface area contributed by atoms with Gasteiger partial charge in [-0.25, -0.2) is 4.39 Å². The second-order valence-corrected chi connectivity index (χ2v) is 4.91. The van der Waals surface area contributed by atoms with Crippen molar-refractivity contribution in [2.24, 2.45) is 0 Å². The van der Waals surface area contributed by atoms with E-state index in [4.69, 9.17) is 4.74 Å². The first-order valence-corrected chi connectivity index (χ1v) is 6.66. The lowest BCUT2D eigenvalue weighted by Crippen LogP contribution is -2.26. The van der Waals surface area contributed by atoms with Crippen LogP contribution in [0, 0.1) is 12.7 Å². The summed E-state index contributed by atoms with van der Waals surface area (Å²) in [4.78, 5) is 14.2. The Balaban J connectivity index is 2.22. The van der Waals surface area contributed by atoms with Crippen LogP contribution in [0.4, 0.5) is 10.1 Å². The predicted molar refractivity (Wildman–Crippen MR) is 81.7 cm³/mol. The molecule has 0 heterocycles. The number of methoxy groups -OCH3 is 1. The van der Waals surface area contributed by atoms with E-state index in [2.05, 4.69) is 0 Å². The molecule has 0 fully saturated rings. The van der Waals surface area contributed by atoms with Crippen molar-refractivity contribution in [3.05, 3.63) is 59.4 Å². The van der Waals surface area contributed by atoms with Gasteiger partial charge in [-0.05, 0) is 36.8 Å². The van der Waals surface area contributed by atoms with Gasteiger partial charge in [-0.3, -0.25) is 4.79 Å². The van der Waals surface area contributed by atoms with Crippen LogP contribution in [-0.4, -0.2) is 26.5 Å². The zero-order valence-electron chi connectivity index (χ0n) is 12.4. The van der Waals surface area contributed by atoms with Gasteiger partial charge in [0.25, 0.3) is 0 Å². The van der Waals surface area contributed by atoms with Gasteiger partial charge >= 0.3 is 0 Å². The highest BCUT2D eigenvalue weighted by Gasteiger charge is 2.16. The third kappa shape index (κ3) is 3.40. The molecule has 3 nitrogen and oxygen atoms in total. The van der Waals surface area contributed by atoms with Crippen LogP contribution in [0.2, 0.25) is 0 Å². The van der Waals surface area contributed by atoms with Crippen LogP contribution in [0.1, 0.15) is 15.9 Å². The van der Waals surface area contributed by atoms with E-state index in [1.54, 1.807) is 0 Å². The minimum atomic E-state index is -0.447. The average Bonchev–Trinajstić information content (AvgIpc) is 2.47. The minimum absolute atomic E-state index is 0.157. The van der Waals surface area contributed by atoms with E-state index < -0.39 is 5.82 Å². The molecular weight excluding hydrogens is 269 g/mol. The molecule has 0 spiro atoms. The molecular formula is C17H18FNO2. The number of benzene rings is 2. The van der Waals surface area contributed by atoms with Crippen molar-refractivity contribution in [3.63, 3.8) is 0 Å².